The fourth-order valence-electron chi connectivity index (χ4n) is 5.92. The molecule has 0 unspecified atom stereocenters. The first-order chi connectivity index (χ1) is 16.1. The number of piperidine rings is 1. The Kier molecular flexibility index (Phi) is 3.95. The van der Waals surface area contributed by atoms with Crippen LogP contribution >= 0.6 is 11.6 Å². The fourth-order valence-corrected chi connectivity index (χ4v) is 6.14. The molecule has 164 valence electrons. The number of nitrogens with zero attached hydrogens (tertiary/aromatic N) is 5. The minimum Gasteiger partial charge on any atom is -0.382 e. The summed E-state index contributed by atoms with van der Waals surface area (Å²) in [6.07, 6.45) is 8.41. The lowest BCUT2D eigenvalue weighted by atomic mass is 9.76. The van der Waals surface area contributed by atoms with Crippen molar-refractivity contribution in [3.05, 3.63) is 71.0 Å². The molecule has 0 saturated carbocycles. The lowest BCUT2D eigenvalue weighted by Gasteiger charge is -2.39. The van der Waals surface area contributed by atoms with Gasteiger partial charge in [0.1, 0.15) is 22.6 Å². The fraction of sp³-hybridized carbons (Fsp3) is 0.269. The average molecular weight is 455 g/mol. The summed E-state index contributed by atoms with van der Waals surface area (Å²) >= 11 is 6.47. The van der Waals surface area contributed by atoms with Gasteiger partial charge in [0.2, 0.25) is 0 Å². The summed E-state index contributed by atoms with van der Waals surface area (Å²) in [5.74, 6) is 1.35. The molecule has 2 N–H and O–H groups in total. The van der Waals surface area contributed by atoms with E-state index in [1.807, 2.05) is 24.4 Å². The zero-order chi connectivity index (χ0) is 22.2. The first-order valence-electron chi connectivity index (χ1n) is 11.4. The van der Waals surface area contributed by atoms with E-state index >= 15 is 0 Å². The van der Waals surface area contributed by atoms with Gasteiger partial charge in [-0.2, -0.15) is 0 Å². The van der Waals surface area contributed by atoms with Gasteiger partial charge in [0.25, 0.3) is 0 Å². The maximum absolute atomic E-state index is 6.47. The van der Waals surface area contributed by atoms with Crippen LogP contribution in [0.2, 0.25) is 5.02 Å². The summed E-state index contributed by atoms with van der Waals surface area (Å²) in [5, 5.41) is 0.455. The first kappa shape index (κ1) is 19.1. The number of hydrogen-bond donors (Lipinski definition) is 1. The molecule has 0 bridgehead atoms. The normalized spacial score (nSPS) is 17.4. The molecule has 7 rings (SSSR count). The topological polar surface area (TPSA) is 72.3 Å². The zero-order valence-corrected chi connectivity index (χ0v) is 18.9. The summed E-state index contributed by atoms with van der Waals surface area (Å²) < 4.78 is 2.13. The van der Waals surface area contributed by atoms with Gasteiger partial charge in [-0.3, -0.25) is 4.40 Å². The highest BCUT2D eigenvalue weighted by atomic mass is 35.5. The average Bonchev–Trinajstić information content (AvgIpc) is 3.52. The van der Waals surface area contributed by atoms with Crippen LogP contribution in [-0.4, -0.2) is 32.4 Å². The molecule has 1 aromatic carbocycles. The minimum absolute atomic E-state index is 0.325. The largest absolute Gasteiger partial charge is 0.382 e. The van der Waals surface area contributed by atoms with Crippen LogP contribution in [0.1, 0.15) is 24.0 Å². The molecule has 0 radical (unpaired) electrons. The second kappa shape index (κ2) is 6.81. The summed E-state index contributed by atoms with van der Waals surface area (Å²) in [6.45, 7) is 2.04. The molecule has 0 amide bonds. The lowest BCUT2D eigenvalue weighted by molar-refractivity contribution is 0.232. The van der Waals surface area contributed by atoms with Crippen LogP contribution in [0.15, 0.2) is 54.9 Å². The summed E-state index contributed by atoms with van der Waals surface area (Å²) in [5.41, 5.74) is 14.0. The van der Waals surface area contributed by atoms with E-state index < -0.39 is 0 Å². The van der Waals surface area contributed by atoms with Crippen LogP contribution in [0, 0.1) is 5.41 Å². The molecule has 5 aromatic rings. The van der Waals surface area contributed by atoms with Gasteiger partial charge in [0.15, 0.2) is 5.82 Å². The van der Waals surface area contributed by atoms with E-state index in [9.17, 15) is 0 Å². The van der Waals surface area contributed by atoms with Crippen molar-refractivity contribution in [1.29, 1.82) is 0 Å². The molecular formula is C26H23ClN6. The van der Waals surface area contributed by atoms with E-state index in [2.05, 4.69) is 38.6 Å². The molecule has 4 aromatic heterocycles. The number of imidazole rings is 2. The van der Waals surface area contributed by atoms with Crippen LogP contribution in [0.3, 0.4) is 0 Å². The van der Waals surface area contributed by atoms with E-state index in [0.29, 0.717) is 16.3 Å². The van der Waals surface area contributed by atoms with Crippen molar-refractivity contribution in [1.82, 2.24) is 19.4 Å². The first-order valence-corrected chi connectivity index (χ1v) is 11.8. The van der Waals surface area contributed by atoms with Crippen molar-refractivity contribution >= 4 is 40.0 Å². The van der Waals surface area contributed by atoms with Gasteiger partial charge in [0, 0.05) is 30.4 Å². The number of rotatable bonds is 2. The van der Waals surface area contributed by atoms with Crippen LogP contribution in [-0.2, 0) is 12.8 Å². The number of aromatic nitrogens is 4. The van der Waals surface area contributed by atoms with Crippen molar-refractivity contribution in [3.8, 4) is 11.1 Å². The molecule has 0 atom stereocenters. The van der Waals surface area contributed by atoms with E-state index in [1.54, 1.807) is 6.20 Å². The van der Waals surface area contributed by atoms with Crippen LogP contribution in [0.5, 0.6) is 0 Å². The van der Waals surface area contributed by atoms with Gasteiger partial charge in [-0.05, 0) is 60.4 Å². The van der Waals surface area contributed by atoms with Crippen LogP contribution in [0.4, 0.5) is 11.6 Å². The Balaban J connectivity index is 1.22. The molecule has 1 aliphatic heterocycles. The predicted octanol–water partition coefficient (Wildman–Crippen LogP) is 5.00. The Labute approximate surface area is 196 Å². The maximum atomic E-state index is 6.47. The smallest absolute Gasteiger partial charge is 0.157 e. The summed E-state index contributed by atoms with van der Waals surface area (Å²) in [4.78, 5) is 16.3. The Hall–Kier alpha value is -3.38. The predicted molar refractivity (Wildman–Crippen MR) is 132 cm³/mol. The molecular weight excluding hydrogens is 432 g/mol. The monoisotopic (exact) mass is 454 g/mol. The molecule has 1 aliphatic carbocycles. The maximum Gasteiger partial charge on any atom is 0.157 e. The second-order valence-corrected chi connectivity index (χ2v) is 9.89. The van der Waals surface area contributed by atoms with Gasteiger partial charge in [-0.25, -0.2) is 15.0 Å². The highest BCUT2D eigenvalue weighted by Crippen LogP contribution is 2.45. The second-order valence-electron chi connectivity index (χ2n) is 9.51. The van der Waals surface area contributed by atoms with Gasteiger partial charge < -0.3 is 10.6 Å². The molecule has 7 heteroatoms. The molecule has 5 heterocycles. The molecule has 6 nitrogen and oxygen atoms in total. The molecule has 1 spiro atoms. The van der Waals surface area contributed by atoms with Crippen LogP contribution in [0.25, 0.3) is 27.9 Å². The Bertz CT molecular complexity index is 1490. The Morgan fingerprint density at radius 3 is 2.42 bits per heavy atom. The summed E-state index contributed by atoms with van der Waals surface area (Å²) in [6, 6.07) is 14.9. The third-order valence-electron chi connectivity index (χ3n) is 7.66. The molecule has 2 aliphatic rings. The number of hydrogen-bond acceptors (Lipinski definition) is 5. The number of anilines is 2. The van der Waals surface area contributed by atoms with Crippen molar-refractivity contribution in [3.63, 3.8) is 0 Å². The van der Waals surface area contributed by atoms with Gasteiger partial charge >= 0.3 is 0 Å². The standard InChI is InChI=1S/C26H23ClN6/c27-22-18(7-10-29-23(22)28)19-5-6-21-31-25(20-15-30-24(19)33(20)21)32-11-8-26(9-12-32)13-16-3-1-2-4-17(16)14-26/h1-7,10,15H,8-9,11-14H2,(H2,28,29). The SMILES string of the molecule is Nc1nccc(-c2ccc3nc(N4CCC5(CC4)Cc4ccccc4C5)c4cnc2n34)c1Cl. The quantitative estimate of drug-likeness (QED) is 0.406. The van der Waals surface area contributed by atoms with E-state index in [-0.39, 0.29) is 0 Å². The molecule has 1 saturated heterocycles. The molecule has 1 fully saturated rings. The van der Waals surface area contributed by atoms with Gasteiger partial charge in [-0.1, -0.05) is 35.9 Å². The van der Waals surface area contributed by atoms with E-state index in [0.717, 1.165) is 46.8 Å². The number of halogens is 1. The highest BCUT2D eigenvalue weighted by Gasteiger charge is 2.40. The number of nitrogens with two attached hydrogens (primary N) is 1. The van der Waals surface area contributed by atoms with E-state index in [4.69, 9.17) is 27.3 Å². The van der Waals surface area contributed by atoms with Gasteiger partial charge in [-0.15, -0.1) is 0 Å². The third-order valence-corrected chi connectivity index (χ3v) is 8.06. The number of nitrogen functional groups attached to an aromatic ring is 1. The van der Waals surface area contributed by atoms with E-state index in [1.165, 1.54) is 36.8 Å². The Morgan fingerprint density at radius 2 is 1.67 bits per heavy atom. The molecule has 33 heavy (non-hydrogen) atoms. The summed E-state index contributed by atoms with van der Waals surface area (Å²) in [7, 11) is 0. The van der Waals surface area contributed by atoms with Crippen molar-refractivity contribution in [2.45, 2.75) is 25.7 Å². The van der Waals surface area contributed by atoms with Gasteiger partial charge in [0.05, 0.1) is 11.2 Å². The number of pyridine rings is 2. The third kappa shape index (κ3) is 2.77. The zero-order valence-electron chi connectivity index (χ0n) is 18.1. The minimum atomic E-state index is 0.325. The number of fused-ring (bicyclic) bond motifs is 1. The van der Waals surface area contributed by atoms with Crippen molar-refractivity contribution in [2.24, 2.45) is 5.41 Å². The number of benzene rings is 1. The van der Waals surface area contributed by atoms with Crippen molar-refractivity contribution < 1.29 is 0 Å². The van der Waals surface area contributed by atoms with Crippen LogP contribution < -0.4 is 10.6 Å². The highest BCUT2D eigenvalue weighted by molar-refractivity contribution is 6.35. The van der Waals surface area contributed by atoms with Crippen molar-refractivity contribution in [2.75, 3.05) is 23.7 Å². The Morgan fingerprint density at radius 1 is 0.909 bits per heavy atom. The lowest BCUT2D eigenvalue weighted by Crippen LogP contribution is -2.40.